The summed E-state index contributed by atoms with van der Waals surface area (Å²) >= 11 is 0. The van der Waals surface area contributed by atoms with E-state index in [0.29, 0.717) is 11.4 Å². The lowest BCUT2D eigenvalue weighted by atomic mass is 10.2. The van der Waals surface area contributed by atoms with Crippen LogP contribution in [0.4, 0.5) is 5.69 Å². The van der Waals surface area contributed by atoms with Crippen molar-refractivity contribution in [1.29, 1.82) is 0 Å². The molecule has 0 saturated carbocycles. The third-order valence-electron chi connectivity index (χ3n) is 2.60. The van der Waals surface area contributed by atoms with Crippen molar-refractivity contribution in [3.05, 3.63) is 24.3 Å². The number of rotatable bonds is 2. The van der Waals surface area contributed by atoms with Gasteiger partial charge < -0.3 is 9.47 Å². The van der Waals surface area contributed by atoms with Crippen LogP contribution in [-0.2, 0) is 19.6 Å². The molecular weight excluding hydrogens is 258 g/mol. The maximum absolute atomic E-state index is 11.7. The molecule has 1 atom stereocenters. The van der Waals surface area contributed by atoms with Crippen LogP contribution >= 0.6 is 0 Å². The van der Waals surface area contributed by atoms with Crippen molar-refractivity contribution in [2.24, 2.45) is 0 Å². The number of sulfonamides is 1. The molecule has 0 unspecified atom stereocenters. The minimum atomic E-state index is -3.47. The molecule has 1 aliphatic rings. The highest BCUT2D eigenvalue weighted by Gasteiger charge is 2.35. The molecular formula is C11H13NO5S. The molecule has 0 N–H and O–H groups in total. The number of benzene rings is 1. The fourth-order valence-corrected chi connectivity index (χ4v) is 2.68. The van der Waals surface area contributed by atoms with E-state index < -0.39 is 22.1 Å². The first-order valence-electron chi connectivity index (χ1n) is 5.24. The molecule has 0 aliphatic carbocycles. The summed E-state index contributed by atoms with van der Waals surface area (Å²) in [4.78, 5) is 11.5. The van der Waals surface area contributed by atoms with Crippen molar-refractivity contribution < 1.29 is 22.7 Å². The first-order chi connectivity index (χ1) is 8.43. The third-order valence-corrected chi connectivity index (χ3v) is 3.75. The summed E-state index contributed by atoms with van der Waals surface area (Å²) < 4.78 is 34.6. The number of fused-ring (bicyclic) bond motifs is 1. The second-order valence-electron chi connectivity index (χ2n) is 3.89. The monoisotopic (exact) mass is 271 g/mol. The second-order valence-corrected chi connectivity index (χ2v) is 5.80. The average Bonchev–Trinajstić information content (AvgIpc) is 2.35. The van der Waals surface area contributed by atoms with Crippen molar-refractivity contribution in [2.75, 3.05) is 24.2 Å². The topological polar surface area (TPSA) is 72.9 Å². The molecule has 2 rings (SSSR count). The van der Waals surface area contributed by atoms with Crippen LogP contribution < -0.4 is 9.04 Å². The zero-order valence-corrected chi connectivity index (χ0v) is 10.8. The van der Waals surface area contributed by atoms with E-state index in [4.69, 9.17) is 4.74 Å². The van der Waals surface area contributed by atoms with Crippen molar-refractivity contribution in [3.63, 3.8) is 0 Å². The maximum Gasteiger partial charge on any atom is 0.348 e. The van der Waals surface area contributed by atoms with Gasteiger partial charge in [-0.05, 0) is 12.1 Å². The van der Waals surface area contributed by atoms with Gasteiger partial charge in [-0.1, -0.05) is 12.1 Å². The van der Waals surface area contributed by atoms with E-state index in [2.05, 4.69) is 4.74 Å². The molecule has 0 radical (unpaired) electrons. The molecule has 1 aromatic rings. The summed E-state index contributed by atoms with van der Waals surface area (Å²) in [6.07, 6.45) is 0.142. The van der Waals surface area contributed by atoms with Crippen molar-refractivity contribution >= 4 is 21.7 Å². The Labute approximate surface area is 105 Å². The Bertz CT molecular complexity index is 569. The average molecular weight is 271 g/mol. The molecule has 0 bridgehead atoms. The van der Waals surface area contributed by atoms with Crippen LogP contribution in [0.2, 0.25) is 0 Å². The SMILES string of the molecule is COC(=O)[C@@H]1CN(S(C)(=O)=O)c2ccccc2O1. The van der Waals surface area contributed by atoms with Crippen molar-refractivity contribution in [1.82, 2.24) is 0 Å². The number of esters is 1. The Morgan fingerprint density at radius 2 is 2.11 bits per heavy atom. The van der Waals surface area contributed by atoms with E-state index in [-0.39, 0.29) is 6.54 Å². The molecule has 98 valence electrons. The number of anilines is 1. The standard InChI is InChI=1S/C11H13NO5S/c1-16-11(13)10-7-12(18(2,14)15)8-5-3-4-6-9(8)17-10/h3-6,10H,7H2,1-2H3/t10-/m0/s1. The lowest BCUT2D eigenvalue weighted by Gasteiger charge is -2.33. The van der Waals surface area contributed by atoms with Gasteiger partial charge in [-0.2, -0.15) is 0 Å². The molecule has 7 heteroatoms. The van der Waals surface area contributed by atoms with Crippen LogP contribution in [-0.4, -0.2) is 40.4 Å². The largest absolute Gasteiger partial charge is 0.475 e. The van der Waals surface area contributed by atoms with E-state index in [1.54, 1.807) is 24.3 Å². The fourth-order valence-electron chi connectivity index (χ4n) is 1.77. The fraction of sp³-hybridized carbons (Fsp3) is 0.364. The smallest absolute Gasteiger partial charge is 0.348 e. The number of methoxy groups -OCH3 is 1. The zero-order valence-electron chi connectivity index (χ0n) is 9.99. The highest BCUT2D eigenvalue weighted by molar-refractivity contribution is 7.92. The van der Waals surface area contributed by atoms with Crippen molar-refractivity contribution in [2.45, 2.75) is 6.10 Å². The van der Waals surface area contributed by atoms with E-state index in [1.807, 2.05) is 0 Å². The normalized spacial score (nSPS) is 18.8. The number of nitrogens with zero attached hydrogens (tertiary/aromatic N) is 1. The summed E-state index contributed by atoms with van der Waals surface area (Å²) in [6.45, 7) is -0.0808. The molecule has 1 aliphatic heterocycles. The maximum atomic E-state index is 11.7. The molecule has 0 fully saturated rings. The van der Waals surface area contributed by atoms with E-state index in [9.17, 15) is 13.2 Å². The van der Waals surface area contributed by atoms with Crippen LogP contribution in [0.5, 0.6) is 5.75 Å². The lowest BCUT2D eigenvalue weighted by Crippen LogP contribution is -2.47. The van der Waals surface area contributed by atoms with Gasteiger partial charge in [0.2, 0.25) is 16.1 Å². The summed E-state index contributed by atoms with van der Waals surface area (Å²) in [5, 5.41) is 0. The number of hydrogen-bond acceptors (Lipinski definition) is 5. The minimum Gasteiger partial charge on any atom is -0.475 e. The van der Waals surface area contributed by atoms with Crippen LogP contribution in [0.3, 0.4) is 0 Å². The van der Waals surface area contributed by atoms with Crippen LogP contribution in [0.1, 0.15) is 0 Å². The highest BCUT2D eigenvalue weighted by Crippen LogP contribution is 2.34. The third kappa shape index (κ3) is 2.26. The molecule has 1 aromatic carbocycles. The van der Waals surface area contributed by atoms with Gasteiger partial charge >= 0.3 is 5.97 Å². The Morgan fingerprint density at radius 1 is 1.44 bits per heavy atom. The van der Waals surface area contributed by atoms with E-state index >= 15 is 0 Å². The van der Waals surface area contributed by atoms with Crippen molar-refractivity contribution in [3.8, 4) is 5.75 Å². The molecule has 0 spiro atoms. The number of carbonyl (C=O) groups is 1. The molecule has 0 aromatic heterocycles. The predicted octanol–water partition coefficient (Wildman–Crippen LogP) is 0.387. The number of carbonyl (C=O) groups excluding carboxylic acids is 1. The van der Waals surface area contributed by atoms with Crippen LogP contribution in [0.15, 0.2) is 24.3 Å². The first-order valence-corrected chi connectivity index (χ1v) is 7.09. The van der Waals surface area contributed by atoms with Gasteiger partial charge in [-0.25, -0.2) is 13.2 Å². The Hall–Kier alpha value is -1.76. The minimum absolute atomic E-state index is 0.0808. The van der Waals surface area contributed by atoms with Gasteiger partial charge in [0, 0.05) is 0 Å². The highest BCUT2D eigenvalue weighted by atomic mass is 32.2. The second kappa shape index (κ2) is 4.49. The Morgan fingerprint density at radius 3 is 2.72 bits per heavy atom. The van der Waals surface area contributed by atoms with Gasteiger partial charge in [0.05, 0.1) is 25.6 Å². The summed E-state index contributed by atoms with van der Waals surface area (Å²) in [6, 6.07) is 6.66. The van der Waals surface area contributed by atoms with Gasteiger partial charge in [-0.3, -0.25) is 4.31 Å². The number of ether oxygens (including phenoxy) is 2. The molecule has 0 saturated heterocycles. The molecule has 0 amide bonds. The summed E-state index contributed by atoms with van der Waals surface area (Å²) in [5.41, 5.74) is 0.431. The van der Waals surface area contributed by atoms with Gasteiger partial charge in [-0.15, -0.1) is 0 Å². The first kappa shape index (κ1) is 12.7. The Balaban J connectivity index is 2.45. The molecule has 6 nitrogen and oxygen atoms in total. The van der Waals surface area contributed by atoms with E-state index in [0.717, 1.165) is 10.6 Å². The molecule has 18 heavy (non-hydrogen) atoms. The lowest BCUT2D eigenvalue weighted by molar-refractivity contribution is -0.148. The molecule has 1 heterocycles. The Kier molecular flexibility index (Phi) is 3.16. The van der Waals surface area contributed by atoms with Gasteiger partial charge in [0.1, 0.15) is 5.75 Å². The number of hydrogen-bond donors (Lipinski definition) is 0. The zero-order chi connectivity index (χ0) is 13.3. The quantitative estimate of drug-likeness (QED) is 0.727. The van der Waals surface area contributed by atoms with Crippen LogP contribution in [0, 0.1) is 0 Å². The van der Waals surface area contributed by atoms with E-state index in [1.165, 1.54) is 7.11 Å². The predicted molar refractivity (Wildman–Crippen MR) is 65.1 cm³/mol. The number of para-hydroxylation sites is 2. The van der Waals surface area contributed by atoms with Gasteiger partial charge in [0.15, 0.2) is 0 Å². The summed E-state index contributed by atoms with van der Waals surface area (Å²) in [5.74, 6) is -0.247. The van der Waals surface area contributed by atoms with Gasteiger partial charge in [0.25, 0.3) is 0 Å². The van der Waals surface area contributed by atoms with Crippen LogP contribution in [0.25, 0.3) is 0 Å². The summed E-state index contributed by atoms with van der Waals surface area (Å²) in [7, 11) is -2.24.